The zero-order chi connectivity index (χ0) is 103. The van der Waals surface area contributed by atoms with E-state index < -0.39 is 19.7 Å². The van der Waals surface area contributed by atoms with E-state index in [4.69, 9.17) is 48.1 Å². The molecule has 25 rings (SSSR count). The number of aromatic nitrogens is 16. The van der Waals surface area contributed by atoms with Crippen molar-refractivity contribution in [2.45, 2.75) is 13.8 Å². The van der Waals surface area contributed by atoms with Crippen molar-refractivity contribution in [3.63, 3.8) is 0 Å². The van der Waals surface area contributed by atoms with Gasteiger partial charge in [-0.15, -0.1) is 0 Å². The summed E-state index contributed by atoms with van der Waals surface area (Å²) in [6, 6.07) is 105. The Bertz CT molecular complexity index is 9070. The number of imidazole rings is 5. The minimum Gasteiger partial charge on any atom is -0.360 e. The summed E-state index contributed by atoms with van der Waals surface area (Å²) in [4.78, 5) is 106. The number of rotatable bonds is 19. The summed E-state index contributed by atoms with van der Waals surface area (Å²) in [6.45, 7) is 4.03. The van der Waals surface area contributed by atoms with Crippen LogP contribution < -0.4 is 0 Å². The van der Waals surface area contributed by atoms with E-state index in [-0.39, 0.29) is 28.6 Å². The summed E-state index contributed by atoms with van der Waals surface area (Å²) in [5.74, 6) is 3.25. The lowest BCUT2D eigenvalue weighted by atomic mass is 10.0. The number of para-hydroxylation sites is 2. The Morgan fingerprint density at radius 3 is 0.900 bits per heavy atom. The highest BCUT2D eigenvalue weighted by atomic mass is 79.9. The van der Waals surface area contributed by atoms with Crippen LogP contribution in [0.4, 0.5) is 27.1 Å². The predicted molar refractivity (Wildman–Crippen MR) is 601 cm³/mol. The number of non-ortho nitro benzene ring substituents is 4. The Balaban J connectivity index is 0.000000110. The van der Waals surface area contributed by atoms with Crippen molar-refractivity contribution < 1.29 is 24.1 Å². The molecule has 0 bridgehead atoms. The first-order valence-corrected chi connectivity index (χ1v) is 49.8. The first-order chi connectivity index (χ1) is 72.9. The van der Waals surface area contributed by atoms with Crippen molar-refractivity contribution in [2.24, 2.45) is 0 Å². The van der Waals surface area contributed by atoms with Crippen molar-refractivity contribution in [1.82, 2.24) is 79.7 Å². The van der Waals surface area contributed by atoms with E-state index in [0.29, 0.717) is 61.7 Å². The molecule has 0 saturated carbocycles. The molecule has 28 nitrogen and oxygen atoms in total. The number of aryl methyl sites for hydroxylation is 2. The SMILES string of the molecule is Cc1[nH]c2ccccc2c1-c1nc(-c2cccc([N+](=O)[O-])c2)c(-c2cccc([N+](=O)[O-])c2)[nH]1.Cc1[nH]c2ccccc2c1-c1nc(-c2ccccc2)c(-c2ccc(Cl)cc2)[nH]1.Clc1ccc(-c2[nH]c(-c3c[nH]c4ccc(Br)cc34)nc2-c2ccccc2)cc1.Fc1ccc(-c2nc(-c3c[nH]c4ccc(Br)cc34)[nH]c2-c2ccncc2)cc1.O=[N+]([O-])c1cccc(-c2nc(-c3c[nH]c4ccc(Br)cc34)[nH]c2-c2cccc([N+](=O)[O-])c2)c1. The molecule has 0 aliphatic heterocycles. The van der Waals surface area contributed by atoms with Crippen LogP contribution in [0.5, 0.6) is 0 Å². The molecular weight excluding hydrogens is 2130 g/mol. The number of halogens is 6. The van der Waals surface area contributed by atoms with Gasteiger partial charge in [-0.05, 0) is 141 Å². The van der Waals surface area contributed by atoms with Gasteiger partial charge in [0, 0.05) is 252 Å². The Morgan fingerprint density at radius 1 is 0.267 bits per heavy atom. The fourth-order valence-electron chi connectivity index (χ4n) is 18.2. The van der Waals surface area contributed by atoms with Gasteiger partial charge in [0.05, 0.1) is 76.6 Å². The van der Waals surface area contributed by atoms with Crippen LogP contribution in [0.2, 0.25) is 10.0 Å². The topological polar surface area (TPSA) is 408 Å². The van der Waals surface area contributed by atoms with Crippen LogP contribution in [-0.2, 0) is 0 Å². The number of nitro benzene ring substituents is 4. The summed E-state index contributed by atoms with van der Waals surface area (Å²) >= 11 is 22.8. The lowest BCUT2D eigenvalue weighted by Gasteiger charge is -2.03. The lowest BCUT2D eigenvalue weighted by molar-refractivity contribution is -0.385. The Morgan fingerprint density at radius 2 is 0.547 bits per heavy atom. The van der Waals surface area contributed by atoms with Crippen molar-refractivity contribution in [3.8, 4) is 170 Å². The average molecular weight is 2210 g/mol. The van der Waals surface area contributed by atoms with Gasteiger partial charge in [0.15, 0.2) is 0 Å². The van der Waals surface area contributed by atoms with Gasteiger partial charge >= 0.3 is 0 Å². The van der Waals surface area contributed by atoms with Crippen LogP contribution in [-0.4, -0.2) is 99.4 Å². The molecular formula is C116H78Br3Cl2FN20O8. The van der Waals surface area contributed by atoms with Gasteiger partial charge in [-0.2, -0.15) is 0 Å². The number of fused-ring (bicyclic) bond motifs is 5. The molecule has 11 heterocycles. The monoisotopic (exact) mass is 2200 g/mol. The second-order valence-electron chi connectivity index (χ2n) is 34.8. The highest BCUT2D eigenvalue weighted by Gasteiger charge is 2.28. The standard InChI is InChI=1S/C24H18ClN3.C24H17N5O4.C23H15BrClN3.C23H14BrN5O4.C22H14BrFN4/c1-15-21(19-9-5-6-10-20(19)26-15)24-27-22(16-7-3-2-4-8-16)23(28-24)17-11-13-18(25)14-12-17;1-14-21(19-10-2-3-11-20(19)25-14)24-26-22(15-6-4-8-17(12-15)28(30)31)23(27-24)16-7-5-9-18(13-16)29(32)33;24-16-8-11-20-18(12-16)19(13-26-20)23-27-21(14-4-2-1-3-5-14)22(28-23)15-6-9-17(25)10-7-15;24-15-7-8-20-18(11-15)19(12-25-20)23-26-21(13-3-1-5-16(9-13)28(30)31)22(27-23)14-4-2-6-17(10-14)29(32)33;23-15-3-6-19-17(11-15)18(12-26-19)22-27-20(13-1-4-16(24)5-2-13)21(28-22)14-7-9-25-10-8-14/h2-14,26H,1H3,(H,27,28);2-13,25H,1H3,(H,26,27);1-13,26H,(H,27,28);1-12,25H,(H,26,27);1-12,26H,(H,27,28). The highest BCUT2D eigenvalue weighted by molar-refractivity contribution is 9.11. The third-order valence-electron chi connectivity index (χ3n) is 25.3. The first-order valence-electron chi connectivity index (χ1n) is 46.7. The number of nitro groups is 4. The third kappa shape index (κ3) is 20.4. The van der Waals surface area contributed by atoms with E-state index in [1.54, 1.807) is 73.1 Å². The molecule has 25 aromatic rings. The van der Waals surface area contributed by atoms with E-state index in [2.05, 4.69) is 170 Å². The molecule has 11 aromatic heterocycles. The van der Waals surface area contributed by atoms with Crippen LogP contribution in [0.3, 0.4) is 0 Å². The van der Waals surface area contributed by atoms with E-state index in [1.165, 1.54) is 60.7 Å². The van der Waals surface area contributed by atoms with Gasteiger partial charge in [-0.25, -0.2) is 29.3 Å². The Kier molecular flexibility index (Phi) is 27.5. The molecule has 0 saturated heterocycles. The molecule has 0 spiro atoms. The molecule has 0 aliphatic rings. The zero-order valence-corrected chi connectivity index (χ0v) is 85.1. The van der Waals surface area contributed by atoms with Gasteiger partial charge < -0.3 is 49.8 Å². The molecule has 0 radical (unpaired) electrons. The highest BCUT2D eigenvalue weighted by Crippen LogP contribution is 2.46. The fourth-order valence-corrected chi connectivity index (χ4v) is 19.6. The molecule has 0 atom stereocenters. The largest absolute Gasteiger partial charge is 0.360 e. The smallest absolute Gasteiger partial charge is 0.270 e. The van der Waals surface area contributed by atoms with Crippen molar-refractivity contribution in [1.29, 1.82) is 0 Å². The zero-order valence-electron chi connectivity index (χ0n) is 78.8. The molecule has 0 fully saturated rings. The molecule has 14 aromatic carbocycles. The van der Waals surface area contributed by atoms with Gasteiger partial charge in [0.1, 0.15) is 34.9 Å². The molecule has 732 valence electrons. The van der Waals surface area contributed by atoms with Gasteiger partial charge in [-0.1, -0.05) is 241 Å². The third-order valence-corrected chi connectivity index (χ3v) is 27.3. The molecule has 0 aliphatic carbocycles. The van der Waals surface area contributed by atoms with E-state index in [1.807, 2.05) is 189 Å². The van der Waals surface area contributed by atoms with Crippen LogP contribution in [0.15, 0.2) is 390 Å². The first kappa shape index (κ1) is 97.6. The van der Waals surface area contributed by atoms with Crippen LogP contribution in [0, 0.1) is 60.1 Å². The van der Waals surface area contributed by atoms with Gasteiger partial charge in [-0.3, -0.25) is 45.4 Å². The number of hydrogen-bond donors (Lipinski definition) is 10. The van der Waals surface area contributed by atoms with Crippen molar-refractivity contribution in [3.05, 3.63) is 458 Å². The van der Waals surface area contributed by atoms with E-state index in [9.17, 15) is 44.8 Å². The maximum absolute atomic E-state index is 13.4. The number of aromatic amines is 10. The number of benzene rings is 14. The van der Waals surface area contributed by atoms with Crippen LogP contribution in [0.1, 0.15) is 11.4 Å². The summed E-state index contributed by atoms with van der Waals surface area (Å²) in [7, 11) is 0. The Labute approximate surface area is 886 Å². The second-order valence-corrected chi connectivity index (χ2v) is 38.4. The van der Waals surface area contributed by atoms with Crippen molar-refractivity contribution in [2.75, 3.05) is 0 Å². The van der Waals surface area contributed by atoms with Gasteiger partial charge in [0.25, 0.3) is 22.7 Å². The number of nitrogens with zero attached hydrogens (tertiary/aromatic N) is 10. The average Bonchev–Trinajstić information content (AvgIpc) is 1.63. The summed E-state index contributed by atoms with van der Waals surface area (Å²) < 4.78 is 16.4. The fraction of sp³-hybridized carbons (Fsp3) is 0.0172. The van der Waals surface area contributed by atoms with Crippen molar-refractivity contribution >= 4 is 148 Å². The molecule has 0 unspecified atom stereocenters. The number of pyridine rings is 1. The number of hydrogen-bond acceptors (Lipinski definition) is 14. The normalized spacial score (nSPS) is 11.1. The molecule has 150 heavy (non-hydrogen) atoms. The summed E-state index contributed by atoms with van der Waals surface area (Å²) in [6.07, 6.45) is 9.25. The molecule has 34 heteroatoms. The number of nitrogens with one attached hydrogen (secondary N) is 10. The van der Waals surface area contributed by atoms with E-state index in [0.717, 1.165) is 197 Å². The maximum atomic E-state index is 13.4. The second kappa shape index (κ2) is 42.3. The quantitative estimate of drug-likeness (QED) is 0.0266. The predicted octanol–water partition coefficient (Wildman–Crippen LogP) is 32.8. The van der Waals surface area contributed by atoms with Crippen LogP contribution in [0.25, 0.3) is 224 Å². The Hall–Kier alpha value is -18.5. The van der Waals surface area contributed by atoms with E-state index >= 15 is 0 Å². The minimum absolute atomic E-state index is 0.0584. The number of H-pyrrole nitrogens is 10. The minimum atomic E-state index is -0.471. The van der Waals surface area contributed by atoms with Crippen LogP contribution >= 0.6 is 71.0 Å². The summed E-state index contributed by atoms with van der Waals surface area (Å²) in [5, 5.41) is 52.0. The molecule has 10 N–H and O–H groups in total. The van der Waals surface area contributed by atoms with Gasteiger partial charge in [0.2, 0.25) is 0 Å². The lowest BCUT2D eigenvalue weighted by Crippen LogP contribution is -1.91. The maximum Gasteiger partial charge on any atom is 0.270 e. The molecule has 0 amide bonds. The summed E-state index contributed by atoms with van der Waals surface area (Å²) in [5.41, 5.74) is 27.3.